The lowest BCUT2D eigenvalue weighted by atomic mass is 10.1. The number of hydrogen-bond acceptors (Lipinski definition) is 3. The average molecular weight is 419 g/mol. The fourth-order valence-corrected chi connectivity index (χ4v) is 2.33. The smallest absolute Gasteiger partial charge is 0.188 e. The molecule has 0 fully saturated rings. The summed E-state index contributed by atoms with van der Waals surface area (Å²) in [4.78, 5) is 4.18. The maximum atomic E-state index is 11.2. The van der Waals surface area contributed by atoms with Gasteiger partial charge in [-0.3, -0.25) is 4.99 Å². The van der Waals surface area contributed by atoms with Gasteiger partial charge in [-0.15, -0.1) is 24.0 Å². The molecule has 0 atom stereocenters. The highest BCUT2D eigenvalue weighted by molar-refractivity contribution is 14.0. The molecule has 0 aliphatic carbocycles. The summed E-state index contributed by atoms with van der Waals surface area (Å²) in [5, 5.41) is 2.83. The van der Waals surface area contributed by atoms with Crippen LogP contribution in [0.15, 0.2) is 4.99 Å². The van der Waals surface area contributed by atoms with Gasteiger partial charge in [-0.25, -0.2) is 8.42 Å². The zero-order chi connectivity index (χ0) is 14.6. The number of nitrogens with one attached hydrogen (secondary N) is 1. The number of rotatable bonds is 11. The summed E-state index contributed by atoms with van der Waals surface area (Å²) < 4.78 is 22.5. The quantitative estimate of drug-likeness (QED) is 0.233. The van der Waals surface area contributed by atoms with Gasteiger partial charge in [0.15, 0.2) is 15.8 Å². The van der Waals surface area contributed by atoms with Crippen molar-refractivity contribution in [2.45, 2.75) is 52.4 Å². The van der Waals surface area contributed by atoms with Crippen LogP contribution in [0, 0.1) is 0 Å². The number of sulfone groups is 1. The zero-order valence-corrected chi connectivity index (χ0v) is 15.9. The van der Waals surface area contributed by atoms with E-state index in [1.54, 1.807) is 6.92 Å². The minimum absolute atomic E-state index is 0. The van der Waals surface area contributed by atoms with Gasteiger partial charge >= 0.3 is 0 Å². The van der Waals surface area contributed by atoms with Crippen molar-refractivity contribution in [3.05, 3.63) is 0 Å². The third-order valence-electron chi connectivity index (χ3n) is 2.95. The highest BCUT2D eigenvalue weighted by atomic mass is 127. The van der Waals surface area contributed by atoms with Gasteiger partial charge in [0.25, 0.3) is 0 Å². The Kier molecular flexibility index (Phi) is 15.5. The fraction of sp³-hybridized carbons (Fsp3) is 0.923. The van der Waals surface area contributed by atoms with E-state index in [0.29, 0.717) is 19.0 Å². The van der Waals surface area contributed by atoms with Crippen molar-refractivity contribution in [1.29, 1.82) is 0 Å². The van der Waals surface area contributed by atoms with Crippen LogP contribution in [0.25, 0.3) is 0 Å². The minimum Gasteiger partial charge on any atom is -0.370 e. The predicted molar refractivity (Wildman–Crippen MR) is 97.6 cm³/mol. The van der Waals surface area contributed by atoms with Gasteiger partial charge < -0.3 is 11.1 Å². The second-order valence-electron chi connectivity index (χ2n) is 4.70. The summed E-state index contributed by atoms with van der Waals surface area (Å²) in [6, 6.07) is 0. The zero-order valence-electron chi connectivity index (χ0n) is 12.7. The number of hydrogen-bond donors (Lipinski definition) is 2. The number of aliphatic imine (C=N–C) groups is 1. The Morgan fingerprint density at radius 2 is 1.70 bits per heavy atom. The van der Waals surface area contributed by atoms with Gasteiger partial charge in [0, 0.05) is 18.8 Å². The Balaban J connectivity index is 0. The van der Waals surface area contributed by atoms with Gasteiger partial charge in [0.05, 0.1) is 5.75 Å². The molecule has 0 aromatic rings. The highest BCUT2D eigenvalue weighted by Crippen LogP contribution is 2.04. The summed E-state index contributed by atoms with van der Waals surface area (Å²) in [6.07, 6.45) is 7.34. The standard InChI is InChI=1S/C13H29N3O2S.HI/c1-3-5-6-7-8-9-10-15-13(14)16-11-12-19(17,18)4-2;/h3-12H2,1-2H3,(H3,14,15,16);1H. The fourth-order valence-electron chi connectivity index (χ4n) is 1.63. The van der Waals surface area contributed by atoms with Crippen molar-refractivity contribution in [2.75, 3.05) is 24.6 Å². The molecule has 0 rings (SSSR count). The molecule has 20 heavy (non-hydrogen) atoms. The van der Waals surface area contributed by atoms with E-state index in [9.17, 15) is 8.42 Å². The second-order valence-corrected chi connectivity index (χ2v) is 7.17. The Labute approximate surface area is 141 Å². The Bertz CT molecular complexity index is 346. The second kappa shape index (κ2) is 13.9. The SMILES string of the molecule is CCCCCCCCN=C(N)NCCS(=O)(=O)CC.I. The van der Waals surface area contributed by atoms with Crippen molar-refractivity contribution in [1.82, 2.24) is 5.32 Å². The molecule has 7 heteroatoms. The monoisotopic (exact) mass is 419 g/mol. The van der Waals surface area contributed by atoms with Gasteiger partial charge in [-0.05, 0) is 6.42 Å². The molecule has 5 nitrogen and oxygen atoms in total. The Morgan fingerprint density at radius 3 is 2.30 bits per heavy atom. The van der Waals surface area contributed by atoms with Gasteiger partial charge in [0.2, 0.25) is 0 Å². The van der Waals surface area contributed by atoms with Crippen LogP contribution in [-0.4, -0.2) is 39.0 Å². The molecule has 0 aromatic carbocycles. The largest absolute Gasteiger partial charge is 0.370 e. The number of nitrogens with two attached hydrogens (primary N) is 1. The number of unbranched alkanes of at least 4 members (excludes halogenated alkanes) is 5. The first-order valence-corrected chi connectivity index (χ1v) is 9.08. The van der Waals surface area contributed by atoms with Gasteiger partial charge in [0.1, 0.15) is 0 Å². The van der Waals surface area contributed by atoms with Crippen LogP contribution in [0.4, 0.5) is 0 Å². The first kappa shape index (κ1) is 22.2. The van der Waals surface area contributed by atoms with Crippen LogP contribution < -0.4 is 11.1 Å². The highest BCUT2D eigenvalue weighted by Gasteiger charge is 2.06. The molecule has 0 bridgehead atoms. The maximum absolute atomic E-state index is 11.2. The number of halogens is 1. The van der Waals surface area contributed by atoms with E-state index in [1.807, 2.05) is 0 Å². The van der Waals surface area contributed by atoms with Crippen LogP contribution in [0.5, 0.6) is 0 Å². The van der Waals surface area contributed by atoms with E-state index in [1.165, 1.54) is 32.1 Å². The van der Waals surface area contributed by atoms with Gasteiger partial charge in [-0.2, -0.15) is 0 Å². The van der Waals surface area contributed by atoms with Crippen LogP contribution >= 0.6 is 24.0 Å². The molecule has 0 heterocycles. The summed E-state index contributed by atoms with van der Waals surface area (Å²) >= 11 is 0. The predicted octanol–water partition coefficient (Wildman–Crippen LogP) is 2.30. The third kappa shape index (κ3) is 14.4. The Hall–Kier alpha value is -0.0500. The molecule has 0 aliphatic rings. The summed E-state index contributed by atoms with van der Waals surface area (Å²) in [5.41, 5.74) is 5.65. The molecule has 0 amide bonds. The molecular formula is C13H30IN3O2S. The van der Waals surface area contributed by atoms with Crippen molar-refractivity contribution >= 4 is 39.8 Å². The molecule has 0 aliphatic heterocycles. The lowest BCUT2D eigenvalue weighted by Gasteiger charge is -2.05. The Morgan fingerprint density at radius 1 is 1.10 bits per heavy atom. The maximum Gasteiger partial charge on any atom is 0.188 e. The first-order chi connectivity index (χ1) is 9.02. The van der Waals surface area contributed by atoms with Crippen molar-refractivity contribution in [3.63, 3.8) is 0 Å². The van der Waals surface area contributed by atoms with E-state index in [0.717, 1.165) is 6.42 Å². The molecule has 0 saturated heterocycles. The molecule has 0 aromatic heterocycles. The molecule has 0 radical (unpaired) electrons. The van der Waals surface area contributed by atoms with Crippen molar-refractivity contribution in [3.8, 4) is 0 Å². The van der Waals surface area contributed by atoms with Crippen molar-refractivity contribution < 1.29 is 8.42 Å². The first-order valence-electron chi connectivity index (χ1n) is 7.26. The summed E-state index contributed by atoms with van der Waals surface area (Å²) in [6.45, 7) is 4.90. The van der Waals surface area contributed by atoms with Crippen LogP contribution in [0.1, 0.15) is 52.4 Å². The molecule has 0 saturated carbocycles. The van der Waals surface area contributed by atoms with E-state index in [2.05, 4.69) is 17.2 Å². The van der Waals surface area contributed by atoms with E-state index < -0.39 is 9.84 Å². The van der Waals surface area contributed by atoms with Crippen molar-refractivity contribution in [2.24, 2.45) is 10.7 Å². The van der Waals surface area contributed by atoms with E-state index in [4.69, 9.17) is 5.73 Å². The van der Waals surface area contributed by atoms with Crippen LogP contribution in [-0.2, 0) is 9.84 Å². The average Bonchev–Trinajstić information content (AvgIpc) is 2.37. The minimum atomic E-state index is -2.93. The van der Waals surface area contributed by atoms with Crippen LogP contribution in [0.2, 0.25) is 0 Å². The third-order valence-corrected chi connectivity index (χ3v) is 4.66. The van der Waals surface area contributed by atoms with Crippen LogP contribution in [0.3, 0.4) is 0 Å². The summed E-state index contributed by atoms with van der Waals surface area (Å²) in [5.74, 6) is 0.625. The number of nitrogens with zero attached hydrogens (tertiary/aromatic N) is 1. The lowest BCUT2D eigenvalue weighted by Crippen LogP contribution is -2.35. The molecule has 122 valence electrons. The normalized spacial score (nSPS) is 12.0. The molecule has 0 unspecified atom stereocenters. The summed E-state index contributed by atoms with van der Waals surface area (Å²) in [7, 11) is -2.93. The molecular weight excluding hydrogens is 389 g/mol. The molecule has 3 N–H and O–H groups in total. The van der Waals surface area contributed by atoms with E-state index in [-0.39, 0.29) is 35.5 Å². The lowest BCUT2D eigenvalue weighted by molar-refractivity contribution is 0.596. The molecule has 0 spiro atoms. The number of guanidine groups is 1. The topological polar surface area (TPSA) is 84.5 Å². The van der Waals surface area contributed by atoms with E-state index >= 15 is 0 Å². The van der Waals surface area contributed by atoms with Gasteiger partial charge in [-0.1, -0.05) is 46.0 Å².